The Balaban J connectivity index is 2.42. The van der Waals surface area contributed by atoms with E-state index in [1.807, 2.05) is 0 Å². The first-order valence-corrected chi connectivity index (χ1v) is 5.69. The fraction of sp³-hybridized carbons (Fsp3) is 0. The van der Waals surface area contributed by atoms with E-state index in [0.29, 0.717) is 10.2 Å². The predicted molar refractivity (Wildman–Crippen MR) is 69.5 cm³/mol. The number of nitrogens with zero attached hydrogens (tertiary/aromatic N) is 2. The van der Waals surface area contributed by atoms with E-state index in [4.69, 9.17) is 10.5 Å². The molecular formula is C11H8BrN3O3. The van der Waals surface area contributed by atoms with E-state index in [2.05, 4.69) is 20.9 Å². The molecule has 2 N–H and O–H groups in total. The molecule has 0 radical (unpaired) electrons. The van der Waals surface area contributed by atoms with Crippen LogP contribution in [0.1, 0.15) is 0 Å². The molecule has 0 saturated carbocycles. The number of benzene rings is 1. The maximum atomic E-state index is 10.9. The number of aromatic nitrogens is 1. The molecule has 0 amide bonds. The van der Waals surface area contributed by atoms with Gasteiger partial charge in [-0.2, -0.15) is 0 Å². The third-order valence-corrected chi connectivity index (χ3v) is 2.73. The molecule has 0 fully saturated rings. The summed E-state index contributed by atoms with van der Waals surface area (Å²) in [4.78, 5) is 14.3. The van der Waals surface area contributed by atoms with Crippen molar-refractivity contribution < 1.29 is 9.66 Å². The molecule has 2 aromatic rings. The summed E-state index contributed by atoms with van der Waals surface area (Å²) in [6.07, 6.45) is 1.47. The van der Waals surface area contributed by atoms with Crippen molar-refractivity contribution in [1.82, 2.24) is 4.98 Å². The molecule has 0 bridgehead atoms. The zero-order valence-corrected chi connectivity index (χ0v) is 10.6. The summed E-state index contributed by atoms with van der Waals surface area (Å²) in [6, 6.07) is 7.65. The van der Waals surface area contributed by atoms with E-state index < -0.39 is 4.92 Å². The number of hydrogen-bond acceptors (Lipinski definition) is 5. The summed E-state index contributed by atoms with van der Waals surface area (Å²) in [5, 5.41) is 10.9. The topological polar surface area (TPSA) is 91.3 Å². The van der Waals surface area contributed by atoms with Crippen molar-refractivity contribution in [2.75, 3.05) is 5.73 Å². The zero-order valence-electron chi connectivity index (χ0n) is 9.04. The Morgan fingerprint density at radius 3 is 2.83 bits per heavy atom. The van der Waals surface area contributed by atoms with Gasteiger partial charge in [-0.1, -0.05) is 6.07 Å². The van der Waals surface area contributed by atoms with Gasteiger partial charge in [-0.3, -0.25) is 10.1 Å². The van der Waals surface area contributed by atoms with Gasteiger partial charge in [-0.05, 0) is 28.1 Å². The number of halogens is 1. The van der Waals surface area contributed by atoms with Gasteiger partial charge in [-0.25, -0.2) is 4.98 Å². The monoisotopic (exact) mass is 309 g/mol. The molecule has 0 aliphatic rings. The van der Waals surface area contributed by atoms with Crippen LogP contribution in [0.4, 0.5) is 11.4 Å². The van der Waals surface area contributed by atoms with Gasteiger partial charge in [0.15, 0.2) is 0 Å². The number of nitrogen functional groups attached to an aromatic ring is 1. The van der Waals surface area contributed by atoms with Gasteiger partial charge in [0.05, 0.1) is 9.40 Å². The molecule has 0 atom stereocenters. The van der Waals surface area contributed by atoms with E-state index in [1.165, 1.54) is 18.3 Å². The average Bonchev–Trinajstić information content (AvgIpc) is 2.31. The molecule has 0 saturated heterocycles. The number of nitro benzene ring substituents is 1. The highest BCUT2D eigenvalue weighted by atomic mass is 79.9. The molecule has 0 aliphatic carbocycles. The number of hydrogen-bond donors (Lipinski definition) is 1. The van der Waals surface area contributed by atoms with Crippen LogP contribution in [0, 0.1) is 10.1 Å². The summed E-state index contributed by atoms with van der Waals surface area (Å²) in [5.41, 5.74) is 5.91. The molecule has 1 aromatic carbocycles. The molecule has 7 heteroatoms. The third-order valence-electron chi connectivity index (χ3n) is 2.11. The molecule has 2 rings (SSSR count). The van der Waals surface area contributed by atoms with Gasteiger partial charge in [0.25, 0.3) is 0 Å². The Morgan fingerprint density at radius 2 is 2.17 bits per heavy atom. The first-order valence-electron chi connectivity index (χ1n) is 4.90. The lowest BCUT2D eigenvalue weighted by atomic mass is 10.3. The lowest BCUT2D eigenvalue weighted by Gasteiger charge is -2.07. The summed E-state index contributed by atoms with van der Waals surface area (Å²) >= 11 is 3.20. The Bertz CT molecular complexity index is 604. The van der Waals surface area contributed by atoms with Crippen molar-refractivity contribution >= 4 is 27.3 Å². The molecular weight excluding hydrogens is 302 g/mol. The van der Waals surface area contributed by atoms with Crippen molar-refractivity contribution in [3.8, 4) is 11.6 Å². The minimum Gasteiger partial charge on any atom is -0.431 e. The van der Waals surface area contributed by atoms with E-state index >= 15 is 0 Å². The Morgan fingerprint density at radius 1 is 1.39 bits per heavy atom. The van der Waals surface area contributed by atoms with Crippen LogP contribution in [0.5, 0.6) is 11.6 Å². The average molecular weight is 310 g/mol. The zero-order chi connectivity index (χ0) is 13.1. The Kier molecular flexibility index (Phi) is 3.42. The number of nitro groups is 1. The number of rotatable bonds is 3. The van der Waals surface area contributed by atoms with Gasteiger partial charge in [0, 0.05) is 24.0 Å². The molecule has 6 nitrogen and oxygen atoms in total. The molecule has 1 aromatic heterocycles. The van der Waals surface area contributed by atoms with Crippen LogP contribution < -0.4 is 10.5 Å². The largest absolute Gasteiger partial charge is 0.431 e. The van der Waals surface area contributed by atoms with Crippen LogP contribution in [0.2, 0.25) is 0 Å². The van der Waals surface area contributed by atoms with Gasteiger partial charge in [-0.15, -0.1) is 0 Å². The smallest absolute Gasteiger partial charge is 0.312 e. The van der Waals surface area contributed by atoms with Crippen LogP contribution in [0.25, 0.3) is 0 Å². The van der Waals surface area contributed by atoms with Crippen LogP contribution in [-0.4, -0.2) is 9.91 Å². The van der Waals surface area contributed by atoms with Crippen LogP contribution in [0.15, 0.2) is 41.0 Å². The molecule has 0 spiro atoms. The number of ether oxygens (including phenoxy) is 1. The van der Waals surface area contributed by atoms with Gasteiger partial charge < -0.3 is 10.5 Å². The fourth-order valence-electron chi connectivity index (χ4n) is 1.33. The highest BCUT2D eigenvalue weighted by Crippen LogP contribution is 2.37. The summed E-state index contributed by atoms with van der Waals surface area (Å²) in [6.45, 7) is 0. The number of para-hydroxylation sites is 1. The van der Waals surface area contributed by atoms with Crippen LogP contribution >= 0.6 is 15.9 Å². The Hall–Kier alpha value is -2.15. The summed E-state index contributed by atoms with van der Waals surface area (Å²) in [7, 11) is 0. The van der Waals surface area contributed by atoms with Crippen LogP contribution in [0.3, 0.4) is 0 Å². The summed E-state index contributed by atoms with van der Waals surface area (Å²) < 4.78 is 5.88. The highest BCUT2D eigenvalue weighted by Gasteiger charge is 2.19. The van der Waals surface area contributed by atoms with Gasteiger partial charge >= 0.3 is 5.69 Å². The maximum absolute atomic E-state index is 10.9. The van der Waals surface area contributed by atoms with Crippen molar-refractivity contribution in [2.24, 2.45) is 0 Å². The van der Waals surface area contributed by atoms with E-state index in [1.54, 1.807) is 18.2 Å². The first-order chi connectivity index (χ1) is 8.58. The fourth-order valence-corrected chi connectivity index (χ4v) is 1.76. The molecule has 92 valence electrons. The van der Waals surface area contributed by atoms with Gasteiger partial charge in [0.2, 0.25) is 11.6 Å². The molecule has 0 unspecified atom stereocenters. The second-order valence-corrected chi connectivity index (χ2v) is 4.23. The maximum Gasteiger partial charge on any atom is 0.312 e. The van der Waals surface area contributed by atoms with Gasteiger partial charge in [0.1, 0.15) is 0 Å². The lowest BCUT2D eigenvalue weighted by molar-refractivity contribution is -0.385. The number of nitrogens with two attached hydrogens (primary N) is 1. The SMILES string of the molecule is Nc1ccnc(Oc2c(Br)cccc2[N+](=O)[O-])c1. The van der Waals surface area contributed by atoms with Crippen molar-refractivity contribution in [1.29, 1.82) is 0 Å². The van der Waals surface area contributed by atoms with Crippen LogP contribution in [-0.2, 0) is 0 Å². The predicted octanol–water partition coefficient (Wildman–Crippen LogP) is 3.13. The van der Waals surface area contributed by atoms with E-state index in [0.717, 1.165) is 0 Å². The normalized spacial score (nSPS) is 10.1. The Labute approximate surface area is 111 Å². The van der Waals surface area contributed by atoms with Crippen molar-refractivity contribution in [3.05, 3.63) is 51.1 Å². The van der Waals surface area contributed by atoms with Crippen molar-refractivity contribution in [2.45, 2.75) is 0 Å². The quantitative estimate of drug-likeness (QED) is 0.694. The highest BCUT2D eigenvalue weighted by molar-refractivity contribution is 9.10. The minimum atomic E-state index is -0.521. The second-order valence-electron chi connectivity index (χ2n) is 3.37. The van der Waals surface area contributed by atoms with Crippen molar-refractivity contribution in [3.63, 3.8) is 0 Å². The third kappa shape index (κ3) is 2.57. The summed E-state index contributed by atoms with van der Waals surface area (Å²) in [5.74, 6) is 0.297. The van der Waals surface area contributed by atoms with E-state index in [-0.39, 0.29) is 17.3 Å². The molecule has 1 heterocycles. The molecule has 0 aliphatic heterocycles. The second kappa shape index (κ2) is 5.01. The standard InChI is InChI=1S/C11H8BrN3O3/c12-8-2-1-3-9(15(16)17)11(8)18-10-6-7(13)4-5-14-10/h1-6H,(H2,13,14). The number of pyridine rings is 1. The molecule has 18 heavy (non-hydrogen) atoms. The number of anilines is 1. The van der Waals surface area contributed by atoms with E-state index in [9.17, 15) is 10.1 Å². The lowest BCUT2D eigenvalue weighted by Crippen LogP contribution is -1.96. The first kappa shape index (κ1) is 12.3. The minimum absolute atomic E-state index is 0.0978.